The monoisotopic (exact) mass is 415 g/mol. The Labute approximate surface area is 180 Å². The van der Waals surface area contributed by atoms with E-state index >= 15 is 0 Å². The van der Waals surface area contributed by atoms with Crippen LogP contribution < -0.4 is 0 Å². The summed E-state index contributed by atoms with van der Waals surface area (Å²) in [7, 11) is 1.87. The van der Waals surface area contributed by atoms with Crippen LogP contribution in [0.25, 0.3) is 33.6 Å². The molecule has 5 rings (SSSR count). The Bertz CT molecular complexity index is 1250. The molecule has 0 spiro atoms. The number of hydrogen-bond acceptors (Lipinski definition) is 5. The van der Waals surface area contributed by atoms with Crippen molar-refractivity contribution in [3.05, 3.63) is 53.9 Å². The Hall–Kier alpha value is -3.48. The van der Waals surface area contributed by atoms with Crippen LogP contribution in [0, 0.1) is 12.8 Å². The van der Waals surface area contributed by atoms with E-state index in [1.54, 1.807) is 4.68 Å². The van der Waals surface area contributed by atoms with E-state index in [1.807, 2.05) is 61.5 Å². The van der Waals surface area contributed by atoms with Gasteiger partial charge < -0.3 is 9.42 Å². The van der Waals surface area contributed by atoms with Crippen LogP contribution in [0.3, 0.4) is 0 Å². The predicted octanol–water partition coefficient (Wildman–Crippen LogP) is 4.47. The number of aryl methyl sites for hydroxylation is 2. The summed E-state index contributed by atoms with van der Waals surface area (Å²) in [5, 5.41) is 9.39. The summed E-state index contributed by atoms with van der Waals surface area (Å²) in [4.78, 5) is 20.3. The number of hydrogen-bond donors (Lipinski definition) is 0. The van der Waals surface area contributed by atoms with Crippen LogP contribution in [0.2, 0.25) is 0 Å². The molecule has 4 heterocycles. The minimum absolute atomic E-state index is 0.00229. The predicted molar refractivity (Wildman–Crippen MR) is 118 cm³/mol. The molecule has 0 aliphatic carbocycles. The van der Waals surface area contributed by atoms with Crippen LogP contribution in [-0.2, 0) is 7.05 Å². The van der Waals surface area contributed by atoms with Crippen LogP contribution in [-0.4, -0.2) is 43.8 Å². The van der Waals surface area contributed by atoms with Gasteiger partial charge in [0.15, 0.2) is 0 Å². The summed E-state index contributed by atoms with van der Waals surface area (Å²) in [6.45, 7) is 5.70. The molecule has 1 fully saturated rings. The highest BCUT2D eigenvalue weighted by molar-refractivity contribution is 6.10. The number of pyridine rings is 1. The number of carbonyl (C=O) groups excluding carboxylic acids is 1. The molecule has 0 radical (unpaired) electrons. The van der Waals surface area contributed by atoms with Crippen molar-refractivity contribution < 1.29 is 9.32 Å². The van der Waals surface area contributed by atoms with Gasteiger partial charge in [0.2, 0.25) is 0 Å². The second-order valence-electron chi connectivity index (χ2n) is 8.41. The van der Waals surface area contributed by atoms with Crippen LogP contribution in [0.15, 0.2) is 47.1 Å². The minimum Gasteiger partial charge on any atom is -0.339 e. The molecule has 1 aromatic carbocycles. The van der Waals surface area contributed by atoms with Gasteiger partial charge in [-0.3, -0.25) is 9.48 Å². The standard InChI is InChI=1S/C24H25N5O2/c1-15-9-11-29(12-10-15)24(30)18-13-20(19-14-28(3)26-16(19)2)25-23-21(18)22(27-31-23)17-7-5-4-6-8-17/h4-8,13-15H,9-12H2,1-3H3. The normalized spacial score (nSPS) is 15.0. The van der Waals surface area contributed by atoms with E-state index < -0.39 is 0 Å². The summed E-state index contributed by atoms with van der Waals surface area (Å²) in [6, 6.07) is 11.7. The molecule has 7 nitrogen and oxygen atoms in total. The van der Waals surface area contributed by atoms with Crippen molar-refractivity contribution >= 4 is 17.0 Å². The number of carbonyl (C=O) groups is 1. The Morgan fingerprint density at radius 1 is 1.16 bits per heavy atom. The fourth-order valence-electron chi connectivity index (χ4n) is 4.28. The average molecular weight is 415 g/mol. The third-order valence-corrected chi connectivity index (χ3v) is 6.08. The third-order valence-electron chi connectivity index (χ3n) is 6.08. The number of likely N-dealkylation sites (tertiary alicyclic amines) is 1. The third kappa shape index (κ3) is 3.50. The number of nitrogens with zero attached hydrogens (tertiary/aromatic N) is 5. The maximum absolute atomic E-state index is 13.7. The first-order valence-electron chi connectivity index (χ1n) is 10.7. The second kappa shape index (κ2) is 7.65. The minimum atomic E-state index is 0.00229. The van der Waals surface area contributed by atoms with E-state index in [4.69, 9.17) is 9.51 Å². The van der Waals surface area contributed by atoms with E-state index in [0.717, 1.165) is 42.8 Å². The zero-order valence-corrected chi connectivity index (χ0v) is 18.0. The first-order valence-corrected chi connectivity index (χ1v) is 10.7. The van der Waals surface area contributed by atoms with Crippen molar-refractivity contribution in [1.29, 1.82) is 0 Å². The number of piperidine rings is 1. The van der Waals surface area contributed by atoms with Crippen LogP contribution in [0.4, 0.5) is 0 Å². The molecule has 0 saturated carbocycles. The van der Waals surface area contributed by atoms with E-state index in [9.17, 15) is 4.79 Å². The lowest BCUT2D eigenvalue weighted by molar-refractivity contribution is 0.0699. The maximum Gasteiger partial charge on any atom is 0.259 e. The van der Waals surface area contributed by atoms with E-state index in [2.05, 4.69) is 17.2 Å². The lowest BCUT2D eigenvalue weighted by Gasteiger charge is -2.30. The fraction of sp³-hybridized carbons (Fsp3) is 0.333. The highest BCUT2D eigenvalue weighted by atomic mass is 16.5. The van der Waals surface area contributed by atoms with Crippen molar-refractivity contribution in [1.82, 2.24) is 24.8 Å². The highest BCUT2D eigenvalue weighted by Gasteiger charge is 2.27. The van der Waals surface area contributed by atoms with Crippen molar-refractivity contribution in [3.8, 4) is 22.5 Å². The largest absolute Gasteiger partial charge is 0.339 e. The summed E-state index contributed by atoms with van der Waals surface area (Å²) in [6.07, 6.45) is 3.95. The summed E-state index contributed by atoms with van der Waals surface area (Å²) >= 11 is 0. The number of fused-ring (bicyclic) bond motifs is 1. The van der Waals surface area contributed by atoms with Gasteiger partial charge in [0.25, 0.3) is 11.6 Å². The Morgan fingerprint density at radius 3 is 2.58 bits per heavy atom. The molecule has 1 aliphatic rings. The molecular formula is C24H25N5O2. The lowest BCUT2D eigenvalue weighted by atomic mass is 9.97. The maximum atomic E-state index is 13.7. The van der Waals surface area contributed by atoms with Gasteiger partial charge in [-0.25, -0.2) is 4.98 Å². The van der Waals surface area contributed by atoms with Crippen LogP contribution >= 0.6 is 0 Å². The molecule has 1 aliphatic heterocycles. The molecule has 0 atom stereocenters. The molecule has 0 unspecified atom stereocenters. The summed E-state index contributed by atoms with van der Waals surface area (Å²) in [5.74, 6) is 0.646. The van der Waals surface area contributed by atoms with Crippen molar-refractivity contribution in [2.45, 2.75) is 26.7 Å². The molecule has 4 aromatic rings. The average Bonchev–Trinajstić information content (AvgIpc) is 3.36. The zero-order chi connectivity index (χ0) is 21.5. The quantitative estimate of drug-likeness (QED) is 0.493. The zero-order valence-electron chi connectivity index (χ0n) is 18.0. The molecule has 1 saturated heterocycles. The van der Waals surface area contributed by atoms with Crippen LogP contribution in [0.5, 0.6) is 0 Å². The molecule has 7 heteroatoms. The molecule has 31 heavy (non-hydrogen) atoms. The van der Waals surface area contributed by atoms with E-state index in [0.29, 0.717) is 34.0 Å². The van der Waals surface area contributed by atoms with Gasteiger partial charge in [0.1, 0.15) is 5.69 Å². The Morgan fingerprint density at radius 2 is 1.90 bits per heavy atom. The Balaban J connectivity index is 1.70. The molecule has 0 N–H and O–H groups in total. The van der Waals surface area contributed by atoms with E-state index in [-0.39, 0.29) is 5.91 Å². The highest BCUT2D eigenvalue weighted by Crippen LogP contribution is 2.34. The smallest absolute Gasteiger partial charge is 0.259 e. The van der Waals surface area contributed by atoms with E-state index in [1.165, 1.54) is 0 Å². The number of amides is 1. The molecule has 158 valence electrons. The van der Waals surface area contributed by atoms with Gasteiger partial charge in [-0.2, -0.15) is 5.10 Å². The van der Waals surface area contributed by atoms with Gasteiger partial charge >= 0.3 is 0 Å². The van der Waals surface area contributed by atoms with Gasteiger partial charge in [0.05, 0.1) is 22.3 Å². The summed E-state index contributed by atoms with van der Waals surface area (Å²) < 4.78 is 7.40. The van der Waals surface area contributed by atoms with Crippen molar-refractivity contribution in [2.75, 3.05) is 13.1 Å². The SMILES string of the molecule is Cc1nn(C)cc1-c1cc(C(=O)N2CCC(C)CC2)c2c(-c3ccccc3)noc2n1. The number of rotatable bonds is 3. The van der Waals surface area contributed by atoms with Gasteiger partial charge in [0, 0.05) is 37.5 Å². The number of benzene rings is 1. The van der Waals surface area contributed by atoms with Crippen molar-refractivity contribution in [3.63, 3.8) is 0 Å². The lowest BCUT2D eigenvalue weighted by Crippen LogP contribution is -2.38. The first-order chi connectivity index (χ1) is 15.0. The Kier molecular flexibility index (Phi) is 4.81. The molecule has 0 bridgehead atoms. The summed E-state index contributed by atoms with van der Waals surface area (Å²) in [5.41, 5.74) is 4.89. The fourth-order valence-corrected chi connectivity index (χ4v) is 4.28. The molecule has 3 aromatic heterocycles. The number of aromatic nitrogens is 4. The first kappa shape index (κ1) is 19.5. The van der Waals surface area contributed by atoms with Crippen LogP contribution in [0.1, 0.15) is 35.8 Å². The van der Waals surface area contributed by atoms with Gasteiger partial charge in [-0.15, -0.1) is 0 Å². The van der Waals surface area contributed by atoms with Crippen molar-refractivity contribution in [2.24, 2.45) is 13.0 Å². The second-order valence-corrected chi connectivity index (χ2v) is 8.41. The molecule has 1 amide bonds. The topological polar surface area (TPSA) is 77.0 Å². The van der Waals surface area contributed by atoms with Gasteiger partial charge in [-0.05, 0) is 31.7 Å². The molecular weight excluding hydrogens is 390 g/mol. The van der Waals surface area contributed by atoms with Gasteiger partial charge in [-0.1, -0.05) is 42.4 Å².